The molecule has 4 aromatic rings. The third-order valence-electron chi connectivity index (χ3n) is 8.19. The molecule has 11 nitrogen and oxygen atoms in total. The molecule has 2 aliphatic rings. The minimum atomic E-state index is -0.562. The van der Waals surface area contributed by atoms with Crippen molar-refractivity contribution in [1.82, 2.24) is 15.1 Å². The number of nitrogens with one attached hydrogen (secondary N) is 3. The topological polar surface area (TPSA) is 137 Å². The summed E-state index contributed by atoms with van der Waals surface area (Å²) in [6.07, 6.45) is 7.03. The molecule has 52 heavy (non-hydrogen) atoms. The predicted octanol–water partition coefficient (Wildman–Crippen LogP) is 6.88. The van der Waals surface area contributed by atoms with Gasteiger partial charge in [-0.1, -0.05) is 80.9 Å². The first-order valence-electron chi connectivity index (χ1n) is 17.8. The Morgan fingerprint density at radius 3 is 1.73 bits per heavy atom. The van der Waals surface area contributed by atoms with Gasteiger partial charge in [0.25, 0.3) is 0 Å². The van der Waals surface area contributed by atoms with Crippen LogP contribution in [0.1, 0.15) is 51.5 Å². The van der Waals surface area contributed by atoms with Crippen LogP contribution in [-0.2, 0) is 30.3 Å². The summed E-state index contributed by atoms with van der Waals surface area (Å²) in [4.78, 5) is 58.3. The highest BCUT2D eigenvalue weighted by molar-refractivity contribution is 5.91. The number of nitrogens with zero attached hydrogens (tertiary/aromatic N) is 2. The molecule has 2 heterocycles. The van der Waals surface area contributed by atoms with E-state index >= 15 is 0 Å². The fourth-order valence-corrected chi connectivity index (χ4v) is 5.56. The fourth-order valence-electron chi connectivity index (χ4n) is 5.56. The molecule has 0 atom stereocenters. The summed E-state index contributed by atoms with van der Waals surface area (Å²) in [7, 11) is 1.27. The lowest BCUT2D eigenvalue weighted by Crippen LogP contribution is -2.38. The Morgan fingerprint density at radius 1 is 0.654 bits per heavy atom. The first kappa shape index (κ1) is 40.7. The van der Waals surface area contributed by atoms with E-state index in [0.717, 1.165) is 77.9 Å². The number of rotatable bonds is 9. The summed E-state index contributed by atoms with van der Waals surface area (Å²) in [5.74, 6) is 0.233. The van der Waals surface area contributed by atoms with Gasteiger partial charge in [-0.25, -0.2) is 4.79 Å². The Labute approximate surface area is 306 Å². The molecule has 276 valence electrons. The third-order valence-corrected chi connectivity index (χ3v) is 8.19. The van der Waals surface area contributed by atoms with Crippen LogP contribution in [0.2, 0.25) is 0 Å². The van der Waals surface area contributed by atoms with Crippen molar-refractivity contribution in [2.45, 2.75) is 52.4 Å². The van der Waals surface area contributed by atoms with E-state index in [2.05, 4.69) is 40.6 Å². The number of likely N-dealkylation sites (tertiary alicyclic amines) is 2. The minimum absolute atomic E-state index is 0.0344. The number of benzene rings is 4. The number of alkyl carbamates (subject to hydrolysis) is 1. The highest BCUT2D eigenvalue weighted by Gasteiger charge is 2.18. The zero-order valence-electron chi connectivity index (χ0n) is 30.4. The SMILES string of the molecule is CCC.COC(=O)NCC(=O)N1CCCC1.O=C(Cc1ccccc1)N1CCCC1.O=CNc1ccc(-c2ccc3cc(NC=O)ccc3c2)cc1. The van der Waals surface area contributed by atoms with E-state index in [0.29, 0.717) is 19.2 Å². The predicted molar refractivity (Wildman–Crippen MR) is 207 cm³/mol. The highest BCUT2D eigenvalue weighted by Crippen LogP contribution is 2.27. The quantitative estimate of drug-likeness (QED) is 0.162. The van der Waals surface area contributed by atoms with Crippen molar-refractivity contribution in [3.05, 3.63) is 96.6 Å². The number of ether oxygens (including phenoxy) is 1. The van der Waals surface area contributed by atoms with Crippen LogP contribution in [0, 0.1) is 0 Å². The van der Waals surface area contributed by atoms with Crippen molar-refractivity contribution in [3.63, 3.8) is 0 Å². The van der Waals surface area contributed by atoms with E-state index in [4.69, 9.17) is 0 Å². The molecule has 0 radical (unpaired) electrons. The molecule has 2 fully saturated rings. The number of carbonyl (C=O) groups excluding carboxylic acids is 5. The Hall–Kier alpha value is -5.71. The zero-order chi connectivity index (χ0) is 37.6. The number of anilines is 2. The van der Waals surface area contributed by atoms with E-state index in [1.54, 1.807) is 4.90 Å². The highest BCUT2D eigenvalue weighted by atomic mass is 16.5. The molecular formula is C41H51N5O6. The maximum absolute atomic E-state index is 11.7. The van der Waals surface area contributed by atoms with Crippen molar-refractivity contribution in [1.29, 1.82) is 0 Å². The summed E-state index contributed by atoms with van der Waals surface area (Å²) >= 11 is 0. The van der Waals surface area contributed by atoms with Crippen LogP contribution in [-0.4, -0.2) is 80.4 Å². The van der Waals surface area contributed by atoms with Gasteiger partial charge in [0.2, 0.25) is 24.6 Å². The van der Waals surface area contributed by atoms with Gasteiger partial charge < -0.3 is 30.5 Å². The second-order valence-electron chi connectivity index (χ2n) is 12.3. The van der Waals surface area contributed by atoms with Crippen molar-refractivity contribution in [3.8, 4) is 11.1 Å². The summed E-state index contributed by atoms with van der Waals surface area (Å²) in [5.41, 5.74) is 4.84. The fraction of sp³-hybridized carbons (Fsp3) is 0.341. The molecule has 0 aliphatic carbocycles. The lowest BCUT2D eigenvalue weighted by atomic mass is 10.0. The molecule has 5 amide bonds. The molecule has 2 aliphatic heterocycles. The number of hydrogen-bond donors (Lipinski definition) is 3. The van der Waals surface area contributed by atoms with Crippen LogP contribution >= 0.6 is 0 Å². The standard InChI is InChI=1S/C18H14N2O2.C12H15NO.C8H14N2O3.C3H8/c21-11-19-17-6-3-13(4-7-17)14-1-2-16-10-18(20-12-22)8-5-15(16)9-14;14-12(13-8-4-5-9-13)10-11-6-2-1-3-7-11;1-13-8(12)9-6-7(11)10-4-2-3-5-10;1-3-2/h1-12H,(H,19,21)(H,20,22);1-3,6-7H,4-5,8-10H2;2-6H2,1H3,(H,9,12);3H2,1-2H3. The van der Waals surface area contributed by atoms with Gasteiger partial charge in [-0.15, -0.1) is 0 Å². The van der Waals surface area contributed by atoms with Gasteiger partial charge in [0.05, 0.1) is 13.5 Å². The van der Waals surface area contributed by atoms with Gasteiger partial charge in [0.15, 0.2) is 0 Å². The van der Waals surface area contributed by atoms with Gasteiger partial charge in [0, 0.05) is 37.6 Å². The van der Waals surface area contributed by atoms with Gasteiger partial charge in [0.1, 0.15) is 6.54 Å². The average molecular weight is 710 g/mol. The number of carbonyl (C=O) groups is 5. The smallest absolute Gasteiger partial charge is 0.407 e. The normalized spacial score (nSPS) is 12.8. The Bertz CT molecular complexity index is 1700. The largest absolute Gasteiger partial charge is 0.453 e. The molecule has 6 rings (SSSR count). The van der Waals surface area contributed by atoms with Crippen molar-refractivity contribution >= 4 is 52.9 Å². The van der Waals surface area contributed by atoms with Gasteiger partial charge in [-0.05, 0) is 83.5 Å². The Balaban J connectivity index is 0.000000212. The Morgan fingerprint density at radius 2 is 1.15 bits per heavy atom. The van der Waals surface area contributed by atoms with Crippen LogP contribution in [0.15, 0.2) is 91.0 Å². The molecule has 0 spiro atoms. The monoisotopic (exact) mass is 709 g/mol. The Kier molecular flexibility index (Phi) is 17.9. The average Bonchev–Trinajstić information content (AvgIpc) is 3.92. The van der Waals surface area contributed by atoms with E-state index in [1.807, 2.05) is 89.8 Å². The molecular weight excluding hydrogens is 658 g/mol. The van der Waals surface area contributed by atoms with E-state index in [-0.39, 0.29) is 18.4 Å². The van der Waals surface area contributed by atoms with Gasteiger partial charge in [-0.2, -0.15) is 0 Å². The summed E-state index contributed by atoms with van der Waals surface area (Å²) in [6, 6.07) is 29.6. The molecule has 0 unspecified atom stereocenters. The van der Waals surface area contributed by atoms with Crippen molar-refractivity contribution < 1.29 is 28.7 Å². The number of hydrogen-bond acceptors (Lipinski definition) is 6. The second kappa shape index (κ2) is 22.9. The molecule has 0 saturated carbocycles. The second-order valence-corrected chi connectivity index (χ2v) is 12.3. The summed E-state index contributed by atoms with van der Waals surface area (Å²) in [5, 5.41) is 9.79. The summed E-state index contributed by atoms with van der Waals surface area (Å²) in [6.45, 7) is 7.80. The van der Waals surface area contributed by atoms with Crippen LogP contribution < -0.4 is 16.0 Å². The van der Waals surface area contributed by atoms with Crippen LogP contribution in [0.5, 0.6) is 0 Å². The van der Waals surface area contributed by atoms with E-state index < -0.39 is 6.09 Å². The maximum Gasteiger partial charge on any atom is 0.407 e. The molecule has 11 heteroatoms. The molecule has 2 saturated heterocycles. The molecule has 4 aromatic carbocycles. The number of methoxy groups -OCH3 is 1. The first-order valence-corrected chi connectivity index (χ1v) is 17.8. The zero-order valence-corrected chi connectivity index (χ0v) is 30.4. The third kappa shape index (κ3) is 13.9. The molecule has 0 bridgehead atoms. The lowest BCUT2D eigenvalue weighted by Gasteiger charge is -2.14. The van der Waals surface area contributed by atoms with Crippen molar-refractivity contribution in [2.24, 2.45) is 0 Å². The van der Waals surface area contributed by atoms with E-state index in [9.17, 15) is 24.0 Å². The van der Waals surface area contributed by atoms with Gasteiger partial charge >= 0.3 is 6.09 Å². The lowest BCUT2D eigenvalue weighted by molar-refractivity contribution is -0.130. The summed E-state index contributed by atoms with van der Waals surface area (Å²) < 4.78 is 4.34. The number of fused-ring (bicyclic) bond motifs is 1. The van der Waals surface area contributed by atoms with E-state index in [1.165, 1.54) is 26.4 Å². The van der Waals surface area contributed by atoms with Crippen molar-refractivity contribution in [2.75, 3.05) is 50.5 Å². The minimum Gasteiger partial charge on any atom is -0.453 e. The maximum atomic E-state index is 11.7. The van der Waals surface area contributed by atoms with Gasteiger partial charge in [-0.3, -0.25) is 19.2 Å². The molecule has 0 aromatic heterocycles. The first-order chi connectivity index (χ1) is 25.3. The van der Waals surface area contributed by atoms with Crippen LogP contribution in [0.3, 0.4) is 0 Å². The molecule has 3 N–H and O–H groups in total. The van der Waals surface area contributed by atoms with Crippen LogP contribution in [0.25, 0.3) is 21.9 Å². The number of amides is 5. The van der Waals surface area contributed by atoms with Crippen LogP contribution in [0.4, 0.5) is 16.2 Å².